The molecule has 2 N–H and O–H groups in total. The minimum absolute atomic E-state index is 0.342. The highest BCUT2D eigenvalue weighted by Crippen LogP contribution is 2.17. The van der Waals surface area contributed by atoms with Gasteiger partial charge in [-0.25, -0.2) is 10.9 Å². The van der Waals surface area contributed by atoms with Crippen molar-refractivity contribution in [3.8, 4) is 0 Å². The number of benzene rings is 2. The van der Waals surface area contributed by atoms with Gasteiger partial charge >= 0.3 is 0 Å². The molecule has 2 aromatic rings. The Kier molecular flexibility index (Phi) is 8.52. The van der Waals surface area contributed by atoms with Crippen LogP contribution in [0.1, 0.15) is 61.3 Å². The Labute approximate surface area is 183 Å². The van der Waals surface area contributed by atoms with Gasteiger partial charge in [-0.15, -0.1) is 0 Å². The van der Waals surface area contributed by atoms with E-state index in [1.165, 1.54) is 36.8 Å². The van der Waals surface area contributed by atoms with Gasteiger partial charge in [0, 0.05) is 0 Å². The van der Waals surface area contributed by atoms with Gasteiger partial charge in [0.05, 0.1) is 12.4 Å². The zero-order valence-electron chi connectivity index (χ0n) is 18.0. The lowest BCUT2D eigenvalue weighted by atomic mass is 9.95. The molecule has 4 aliphatic heterocycles. The SMILES string of the molecule is CC1CCCc2ccc(cc2)/C=N\NC(=O)CC(=O)N/N=C\c2ccc(cc2)CCC1. The molecule has 4 heterocycles. The quantitative estimate of drug-likeness (QED) is 0.635. The normalized spacial score (nSPS) is 19.3. The third kappa shape index (κ3) is 8.16. The van der Waals surface area contributed by atoms with Crippen LogP contribution in [0.5, 0.6) is 0 Å². The molecule has 162 valence electrons. The molecule has 0 aromatic heterocycles. The second-order valence-corrected chi connectivity index (χ2v) is 8.14. The number of nitrogens with one attached hydrogen (secondary N) is 2. The van der Waals surface area contributed by atoms with Crippen molar-refractivity contribution in [3.05, 3.63) is 70.8 Å². The number of rotatable bonds is 0. The van der Waals surface area contributed by atoms with Gasteiger partial charge in [-0.1, -0.05) is 68.3 Å². The number of hydrazone groups is 2. The molecule has 4 aliphatic rings. The van der Waals surface area contributed by atoms with Crippen molar-refractivity contribution in [3.63, 3.8) is 0 Å². The lowest BCUT2D eigenvalue weighted by molar-refractivity contribution is -0.129. The first-order chi connectivity index (χ1) is 15.1. The third-order valence-corrected chi connectivity index (χ3v) is 5.41. The second-order valence-electron chi connectivity index (χ2n) is 8.14. The molecule has 31 heavy (non-hydrogen) atoms. The van der Waals surface area contributed by atoms with Gasteiger partial charge in [-0.3, -0.25) is 9.59 Å². The van der Waals surface area contributed by atoms with Crippen molar-refractivity contribution in [2.45, 2.75) is 51.9 Å². The summed E-state index contributed by atoms with van der Waals surface area (Å²) in [6.07, 6.45) is 9.76. The van der Waals surface area contributed by atoms with Crippen LogP contribution in [0.3, 0.4) is 0 Å². The van der Waals surface area contributed by atoms with Crippen LogP contribution in [0.25, 0.3) is 0 Å². The van der Waals surface area contributed by atoms with Gasteiger partial charge in [-0.05, 0) is 53.9 Å². The molecule has 0 atom stereocenters. The summed E-state index contributed by atoms with van der Waals surface area (Å²) in [5.41, 5.74) is 9.14. The molecule has 0 spiro atoms. The number of amides is 2. The monoisotopic (exact) mass is 418 g/mol. The number of nitrogens with zero attached hydrogens (tertiary/aromatic N) is 2. The van der Waals surface area contributed by atoms with Gasteiger partial charge in [-0.2, -0.15) is 10.2 Å². The molecule has 0 fully saturated rings. The Morgan fingerprint density at radius 1 is 0.710 bits per heavy atom. The van der Waals surface area contributed by atoms with E-state index in [0.717, 1.165) is 29.9 Å². The predicted octanol–water partition coefficient (Wildman–Crippen LogP) is 3.97. The molecule has 0 aliphatic carbocycles. The largest absolute Gasteiger partial charge is 0.273 e. The highest BCUT2D eigenvalue weighted by molar-refractivity contribution is 5.97. The summed E-state index contributed by atoms with van der Waals surface area (Å²) in [5, 5.41) is 7.84. The van der Waals surface area contributed by atoms with Crippen molar-refractivity contribution in [2.24, 2.45) is 16.1 Å². The highest BCUT2D eigenvalue weighted by atomic mass is 16.2. The summed E-state index contributed by atoms with van der Waals surface area (Å²) in [6, 6.07) is 16.3. The van der Waals surface area contributed by atoms with E-state index in [9.17, 15) is 9.59 Å². The molecule has 2 aromatic carbocycles. The molecular formula is C25H30N4O2. The van der Waals surface area contributed by atoms with Gasteiger partial charge < -0.3 is 0 Å². The van der Waals surface area contributed by atoms with Crippen LogP contribution in [0, 0.1) is 5.92 Å². The fourth-order valence-corrected chi connectivity index (χ4v) is 3.58. The van der Waals surface area contributed by atoms with E-state index in [1.807, 2.05) is 24.3 Å². The minimum Gasteiger partial charge on any atom is -0.273 e. The van der Waals surface area contributed by atoms with E-state index in [4.69, 9.17) is 0 Å². The summed E-state index contributed by atoms with van der Waals surface area (Å²) in [6.45, 7) is 2.34. The molecule has 6 rings (SSSR count). The first kappa shape index (κ1) is 22.4. The predicted molar refractivity (Wildman–Crippen MR) is 124 cm³/mol. The van der Waals surface area contributed by atoms with E-state index in [1.54, 1.807) is 12.4 Å². The summed E-state index contributed by atoms with van der Waals surface area (Å²) in [5.74, 6) is -0.266. The van der Waals surface area contributed by atoms with E-state index >= 15 is 0 Å². The Morgan fingerprint density at radius 3 is 1.55 bits per heavy atom. The maximum atomic E-state index is 11.8. The van der Waals surface area contributed by atoms with Crippen molar-refractivity contribution in [1.82, 2.24) is 10.9 Å². The van der Waals surface area contributed by atoms with Gasteiger partial charge in [0.2, 0.25) is 11.8 Å². The van der Waals surface area contributed by atoms with Crippen LogP contribution >= 0.6 is 0 Å². The summed E-state index contributed by atoms with van der Waals surface area (Å²) in [7, 11) is 0. The summed E-state index contributed by atoms with van der Waals surface area (Å²) < 4.78 is 0. The molecule has 4 bridgehead atoms. The standard InChI is InChI=1S/C25H30N4O2/c1-19-4-2-6-20-8-12-22(13-9-20)17-26-28-24(30)16-25(31)29-27-18-23-14-10-21(11-15-23)7-3-5-19/h8-15,17-19H,2-7,16H2,1H3,(H,28,30)(H,29,31)/b26-17-,27-18-. The number of aryl methyl sites for hydroxylation is 2. The van der Waals surface area contributed by atoms with Crippen LogP contribution in [0.15, 0.2) is 58.7 Å². The third-order valence-electron chi connectivity index (χ3n) is 5.41. The Bertz CT molecular complexity index is 842. The molecule has 2 amide bonds. The molecule has 6 nitrogen and oxygen atoms in total. The maximum absolute atomic E-state index is 11.8. The molecule has 0 radical (unpaired) electrons. The lowest BCUT2D eigenvalue weighted by Gasteiger charge is -2.11. The van der Waals surface area contributed by atoms with Gasteiger partial charge in [0.1, 0.15) is 6.42 Å². The zero-order chi connectivity index (χ0) is 21.9. The highest BCUT2D eigenvalue weighted by Gasteiger charge is 2.07. The van der Waals surface area contributed by atoms with Gasteiger partial charge in [0.25, 0.3) is 0 Å². The van der Waals surface area contributed by atoms with Gasteiger partial charge in [0.15, 0.2) is 0 Å². The minimum atomic E-state index is -0.492. The smallest absolute Gasteiger partial charge is 0.249 e. The van der Waals surface area contributed by atoms with E-state index in [0.29, 0.717) is 0 Å². The molecule has 0 unspecified atom stereocenters. The number of carbonyl (C=O) groups excluding carboxylic acids is 2. The maximum Gasteiger partial charge on any atom is 0.249 e. The Balaban J connectivity index is 1.64. The average molecular weight is 419 g/mol. The topological polar surface area (TPSA) is 82.9 Å². The summed E-state index contributed by atoms with van der Waals surface area (Å²) in [4.78, 5) is 23.7. The fraction of sp³-hybridized carbons (Fsp3) is 0.360. The van der Waals surface area contributed by atoms with Crippen LogP contribution in [0.4, 0.5) is 0 Å². The van der Waals surface area contributed by atoms with Crippen molar-refractivity contribution in [2.75, 3.05) is 0 Å². The molecule has 0 saturated carbocycles. The van der Waals surface area contributed by atoms with E-state index < -0.39 is 11.8 Å². The van der Waals surface area contributed by atoms with Crippen molar-refractivity contribution >= 4 is 24.2 Å². The second kappa shape index (κ2) is 11.8. The average Bonchev–Trinajstić information content (AvgIpc) is 2.75. The van der Waals surface area contributed by atoms with E-state index in [-0.39, 0.29) is 6.42 Å². The number of hydrogen-bond donors (Lipinski definition) is 2. The first-order valence-electron chi connectivity index (χ1n) is 10.9. The van der Waals surface area contributed by atoms with E-state index in [2.05, 4.69) is 52.2 Å². The van der Waals surface area contributed by atoms with Crippen molar-refractivity contribution < 1.29 is 9.59 Å². The molecular weight excluding hydrogens is 388 g/mol. The van der Waals surface area contributed by atoms with Crippen molar-refractivity contribution in [1.29, 1.82) is 0 Å². The first-order valence-corrected chi connectivity index (χ1v) is 10.9. The fourth-order valence-electron chi connectivity index (χ4n) is 3.58. The Morgan fingerprint density at radius 2 is 1.13 bits per heavy atom. The zero-order valence-corrected chi connectivity index (χ0v) is 18.0. The van der Waals surface area contributed by atoms with Crippen LogP contribution in [-0.4, -0.2) is 24.2 Å². The number of hydrogen-bond acceptors (Lipinski definition) is 4. The number of carbonyl (C=O) groups is 2. The lowest BCUT2D eigenvalue weighted by Crippen LogP contribution is -2.27. The van der Waals surface area contributed by atoms with Crippen LogP contribution < -0.4 is 10.9 Å². The molecule has 6 heteroatoms. The van der Waals surface area contributed by atoms with Crippen LogP contribution in [-0.2, 0) is 22.4 Å². The summed E-state index contributed by atoms with van der Waals surface area (Å²) >= 11 is 0. The molecule has 0 saturated heterocycles. The van der Waals surface area contributed by atoms with Crippen LogP contribution in [0.2, 0.25) is 0 Å². The Hall–Kier alpha value is -3.28.